The zero-order valence-corrected chi connectivity index (χ0v) is 32.7. The quantitative estimate of drug-likeness (QED) is 0.0921. The highest BCUT2D eigenvalue weighted by Crippen LogP contribution is 2.31. The summed E-state index contributed by atoms with van der Waals surface area (Å²) >= 11 is 14.7. The molecule has 2 aromatic heterocycles. The van der Waals surface area contributed by atoms with Crippen molar-refractivity contribution >= 4 is 69.1 Å². The number of nitrogens with zero attached hydrogens (tertiary/aromatic N) is 3. The third-order valence-corrected chi connectivity index (χ3v) is 10.5. The summed E-state index contributed by atoms with van der Waals surface area (Å²) < 4.78 is 13.8. The van der Waals surface area contributed by atoms with E-state index in [4.69, 9.17) is 32.7 Å². The van der Waals surface area contributed by atoms with Crippen LogP contribution in [0.5, 0.6) is 0 Å². The van der Waals surface area contributed by atoms with Crippen molar-refractivity contribution in [2.75, 3.05) is 23.8 Å². The Labute approximate surface area is 330 Å². The Hall–Kier alpha value is -4.53. The third-order valence-electron chi connectivity index (χ3n) is 8.57. The molecule has 3 heterocycles. The van der Waals surface area contributed by atoms with Crippen molar-refractivity contribution in [3.8, 4) is 0 Å². The van der Waals surface area contributed by atoms with Gasteiger partial charge < -0.3 is 24.7 Å². The molecule has 0 amide bonds. The van der Waals surface area contributed by atoms with E-state index >= 15 is 0 Å². The molecule has 53 heavy (non-hydrogen) atoms. The average Bonchev–Trinajstić information content (AvgIpc) is 3.16. The maximum absolute atomic E-state index is 12.1. The van der Waals surface area contributed by atoms with Gasteiger partial charge in [-0.25, -0.2) is 4.98 Å². The first-order valence-corrected chi connectivity index (χ1v) is 18.8. The van der Waals surface area contributed by atoms with Gasteiger partial charge in [0.25, 0.3) is 11.1 Å². The topological polar surface area (TPSA) is 123 Å². The molecule has 0 saturated heterocycles. The highest BCUT2D eigenvalue weighted by molar-refractivity contribution is 14.1. The largest absolute Gasteiger partial charge is 0.374 e. The molecular weight excluding hydrogens is 826 g/mol. The van der Waals surface area contributed by atoms with Crippen LogP contribution < -0.4 is 21.8 Å². The lowest BCUT2D eigenvalue weighted by Crippen LogP contribution is -2.31. The molecule has 2 unspecified atom stereocenters. The van der Waals surface area contributed by atoms with Gasteiger partial charge in [-0.05, 0) is 60.4 Å². The third kappa shape index (κ3) is 9.92. The summed E-state index contributed by atoms with van der Waals surface area (Å²) in [6.45, 7) is 5.53. The Morgan fingerprint density at radius 2 is 1.51 bits per heavy atom. The van der Waals surface area contributed by atoms with Crippen LogP contribution in [0.15, 0.2) is 119 Å². The van der Waals surface area contributed by atoms with E-state index in [0.29, 0.717) is 47.5 Å². The van der Waals surface area contributed by atoms with Gasteiger partial charge in [-0.3, -0.25) is 14.6 Å². The molecular formula is C40H37Cl2IN6O4. The Morgan fingerprint density at radius 1 is 0.868 bits per heavy atom. The molecule has 272 valence electrons. The van der Waals surface area contributed by atoms with Gasteiger partial charge in [0.15, 0.2) is 0 Å². The maximum Gasteiger partial charge on any atom is 0.274 e. The number of fused-ring (bicyclic) bond motifs is 1. The molecule has 1 aliphatic rings. The number of halogens is 3. The van der Waals surface area contributed by atoms with E-state index < -0.39 is 0 Å². The fraction of sp³-hybridized carbons (Fsp3) is 0.200. The fourth-order valence-electron chi connectivity index (χ4n) is 5.76. The number of nitrogens with one attached hydrogen (secondary N) is 3. The highest BCUT2D eigenvalue weighted by atomic mass is 127. The second-order valence-corrected chi connectivity index (χ2v) is 14.6. The molecule has 4 aromatic carbocycles. The summed E-state index contributed by atoms with van der Waals surface area (Å²) in [5, 5.41) is 7.72. The Kier molecular flexibility index (Phi) is 13.0. The lowest BCUT2D eigenvalue weighted by atomic mass is 10.1. The number of anilines is 4. The molecule has 2 atom stereocenters. The number of aromatic amines is 1. The molecule has 6 aromatic rings. The van der Waals surface area contributed by atoms with Crippen LogP contribution in [0.3, 0.4) is 0 Å². The van der Waals surface area contributed by atoms with E-state index in [1.54, 1.807) is 0 Å². The summed E-state index contributed by atoms with van der Waals surface area (Å²) in [4.78, 5) is 35.4. The first-order chi connectivity index (χ1) is 25.7. The molecule has 0 radical (unpaired) electrons. The van der Waals surface area contributed by atoms with E-state index in [9.17, 15) is 9.59 Å². The van der Waals surface area contributed by atoms with E-state index in [1.807, 2.05) is 91.2 Å². The lowest BCUT2D eigenvalue weighted by Gasteiger charge is -2.31. The second kappa shape index (κ2) is 18.0. The number of aromatic nitrogens is 4. The highest BCUT2D eigenvalue weighted by Gasteiger charge is 2.25. The van der Waals surface area contributed by atoms with Crippen LogP contribution in [0.1, 0.15) is 43.6 Å². The Balaban J connectivity index is 0.000000181. The molecule has 10 nitrogen and oxygen atoms in total. The molecule has 1 aliphatic heterocycles. The summed E-state index contributed by atoms with van der Waals surface area (Å²) in [5.41, 5.74) is 6.55. The Bertz CT molecular complexity index is 2290. The van der Waals surface area contributed by atoms with E-state index in [2.05, 4.69) is 72.4 Å². The summed E-state index contributed by atoms with van der Waals surface area (Å²) in [6.07, 6.45) is 0. The minimum atomic E-state index is -0.296. The van der Waals surface area contributed by atoms with Crippen LogP contribution in [-0.4, -0.2) is 32.7 Å². The van der Waals surface area contributed by atoms with E-state index in [1.165, 1.54) is 17.7 Å². The van der Waals surface area contributed by atoms with Crippen LogP contribution >= 0.6 is 45.8 Å². The van der Waals surface area contributed by atoms with Crippen LogP contribution in [0.2, 0.25) is 10.0 Å². The number of rotatable bonds is 10. The smallest absolute Gasteiger partial charge is 0.274 e. The fourth-order valence-corrected chi connectivity index (χ4v) is 6.77. The van der Waals surface area contributed by atoms with E-state index in [0.717, 1.165) is 33.8 Å². The number of alkyl halides is 1. The van der Waals surface area contributed by atoms with Crippen molar-refractivity contribution in [3.63, 3.8) is 0 Å². The summed E-state index contributed by atoms with van der Waals surface area (Å²) in [6, 6.07) is 34.3. The summed E-state index contributed by atoms with van der Waals surface area (Å²) in [5.74, 6) is 0.857. The van der Waals surface area contributed by atoms with Gasteiger partial charge in [0.05, 0.1) is 47.8 Å². The number of hydrogen-bond acceptors (Lipinski definition) is 8. The van der Waals surface area contributed by atoms with E-state index in [-0.39, 0.29) is 27.7 Å². The number of H-pyrrole nitrogens is 1. The molecule has 0 fully saturated rings. The van der Waals surface area contributed by atoms with Gasteiger partial charge in [-0.15, -0.1) is 0 Å². The van der Waals surface area contributed by atoms with Gasteiger partial charge in [-0.1, -0.05) is 119 Å². The number of ether oxygens (including phenoxy) is 2. The van der Waals surface area contributed by atoms with Crippen molar-refractivity contribution in [2.45, 2.75) is 37.0 Å². The van der Waals surface area contributed by atoms with Crippen molar-refractivity contribution < 1.29 is 9.47 Å². The molecule has 0 spiro atoms. The molecule has 13 heteroatoms. The molecule has 0 aliphatic carbocycles. The predicted octanol–water partition coefficient (Wildman–Crippen LogP) is 9.24. The number of hydrogen-bond donors (Lipinski definition) is 3. The number of benzene rings is 4. The lowest BCUT2D eigenvalue weighted by molar-refractivity contribution is 0.0686. The van der Waals surface area contributed by atoms with Gasteiger partial charge in [0.2, 0.25) is 11.9 Å². The zero-order valence-electron chi connectivity index (χ0n) is 29.0. The minimum absolute atomic E-state index is 0.0601. The first kappa shape index (κ1) is 38.2. The maximum atomic E-state index is 12.1. The van der Waals surface area contributed by atoms with Crippen molar-refractivity contribution in [1.29, 1.82) is 0 Å². The first-order valence-electron chi connectivity index (χ1n) is 16.8. The van der Waals surface area contributed by atoms with Crippen LogP contribution in [-0.2, 0) is 22.7 Å². The molecule has 3 N–H and O–H groups in total. The standard InChI is InChI=1S/C20H19ClIN3O2.C20H18ClN3O2/c1-13-16(21)8-5-9-18(13)24-20-23-15(10-19(26)25-20)11-27-12-17(22)14-6-3-2-4-7-14;1-13-16(21)8-5-9-17(13)22-20-23-19(25)10-15-11-26-12-18(24(15)20)14-6-3-2-4-7-14/h2-10,17H,11-12H2,1H3,(H2,23,24,25,26);2-10,18H,11-12H2,1H3,(H,22,23,25). The predicted molar refractivity (Wildman–Crippen MR) is 219 cm³/mol. The minimum Gasteiger partial charge on any atom is -0.374 e. The average molecular weight is 864 g/mol. The van der Waals surface area contributed by atoms with Crippen molar-refractivity contribution in [3.05, 3.63) is 174 Å². The Morgan fingerprint density at radius 3 is 2.19 bits per heavy atom. The molecule has 0 saturated carbocycles. The normalized spacial score (nSPS) is 14.0. The van der Waals surface area contributed by atoms with Crippen LogP contribution in [0.4, 0.5) is 23.3 Å². The SMILES string of the molecule is Cc1c(Cl)cccc1Nc1nc(=O)cc2n1C(c1ccccc1)COC2.Cc1c(Cl)cccc1Nc1nc(COCC(I)c2ccccc2)cc(=O)[nH]1. The monoisotopic (exact) mass is 862 g/mol. The van der Waals surface area contributed by atoms with Crippen LogP contribution in [0.25, 0.3) is 0 Å². The molecule has 7 rings (SSSR count). The van der Waals surface area contributed by atoms with Gasteiger partial charge in [-0.2, -0.15) is 4.98 Å². The molecule has 0 bridgehead atoms. The van der Waals surface area contributed by atoms with Gasteiger partial charge in [0.1, 0.15) is 0 Å². The van der Waals surface area contributed by atoms with Crippen molar-refractivity contribution in [2.24, 2.45) is 0 Å². The van der Waals surface area contributed by atoms with Crippen LogP contribution in [0, 0.1) is 13.8 Å². The van der Waals surface area contributed by atoms with Gasteiger partial charge in [0, 0.05) is 33.6 Å². The van der Waals surface area contributed by atoms with Gasteiger partial charge >= 0.3 is 0 Å². The zero-order chi connectivity index (χ0) is 37.3. The second-order valence-electron chi connectivity index (χ2n) is 12.3. The summed E-state index contributed by atoms with van der Waals surface area (Å²) in [7, 11) is 0. The van der Waals surface area contributed by atoms with Crippen molar-refractivity contribution in [1.82, 2.24) is 19.5 Å².